The topological polar surface area (TPSA) is 59.9 Å². The van der Waals surface area contributed by atoms with Gasteiger partial charge in [-0.25, -0.2) is 15.0 Å². The molecular weight excluding hydrogens is 308 g/mol. The van der Waals surface area contributed by atoms with Crippen molar-refractivity contribution in [3.05, 3.63) is 35.1 Å². The highest BCUT2D eigenvalue weighted by molar-refractivity contribution is 7.16. The van der Waals surface area contributed by atoms with Crippen molar-refractivity contribution < 1.29 is 4.74 Å². The lowest BCUT2D eigenvalue weighted by Crippen LogP contribution is -2.00. The third-order valence-electron chi connectivity index (χ3n) is 4.31. The summed E-state index contributed by atoms with van der Waals surface area (Å²) >= 11 is 1.53. The van der Waals surface area contributed by atoms with E-state index in [0.717, 1.165) is 39.3 Å². The molecule has 2 unspecified atom stereocenters. The van der Waals surface area contributed by atoms with Gasteiger partial charge in [-0.2, -0.15) is 0 Å². The Labute approximate surface area is 138 Å². The van der Waals surface area contributed by atoms with E-state index in [0.29, 0.717) is 5.92 Å². The van der Waals surface area contributed by atoms with Gasteiger partial charge in [0.2, 0.25) is 0 Å². The van der Waals surface area contributed by atoms with Gasteiger partial charge in [-0.3, -0.25) is 0 Å². The average Bonchev–Trinajstić information content (AvgIpc) is 3.06. The molecular formula is C17H18N4OS. The summed E-state index contributed by atoms with van der Waals surface area (Å²) in [6.45, 7) is 4.17. The minimum absolute atomic E-state index is 0.595. The van der Waals surface area contributed by atoms with Crippen LogP contribution in [0.4, 0.5) is 11.5 Å². The second-order valence-electron chi connectivity index (χ2n) is 6.03. The maximum Gasteiger partial charge on any atom is 0.161 e. The number of ether oxygens (including phenoxy) is 1. The van der Waals surface area contributed by atoms with Gasteiger partial charge in [0.25, 0.3) is 0 Å². The summed E-state index contributed by atoms with van der Waals surface area (Å²) in [5.74, 6) is 3.79. The molecule has 0 spiro atoms. The lowest BCUT2D eigenvalue weighted by Gasteiger charge is -2.12. The number of hydrogen-bond donors (Lipinski definition) is 1. The molecule has 1 N–H and O–H groups in total. The number of fused-ring (bicyclic) bond motifs is 1. The summed E-state index contributed by atoms with van der Waals surface area (Å²) in [5, 5.41) is 3.40. The van der Waals surface area contributed by atoms with E-state index in [4.69, 9.17) is 4.74 Å². The first-order chi connectivity index (χ1) is 11.2. The van der Waals surface area contributed by atoms with Gasteiger partial charge < -0.3 is 10.1 Å². The fourth-order valence-electron chi connectivity index (χ4n) is 2.95. The second-order valence-corrected chi connectivity index (χ2v) is 6.86. The number of methoxy groups -OCH3 is 1. The minimum Gasteiger partial charge on any atom is -0.496 e. The van der Waals surface area contributed by atoms with Crippen LogP contribution in [0.15, 0.2) is 23.7 Å². The molecule has 6 heteroatoms. The highest BCUT2D eigenvalue weighted by Crippen LogP contribution is 2.50. The second kappa shape index (κ2) is 5.45. The highest BCUT2D eigenvalue weighted by atomic mass is 32.1. The van der Waals surface area contributed by atoms with Crippen molar-refractivity contribution in [3.63, 3.8) is 0 Å². The molecule has 1 aliphatic carbocycles. The maximum absolute atomic E-state index is 5.51. The Morgan fingerprint density at radius 2 is 2.13 bits per heavy atom. The predicted molar refractivity (Wildman–Crippen MR) is 92.7 cm³/mol. The van der Waals surface area contributed by atoms with Crippen molar-refractivity contribution in [2.75, 3.05) is 12.4 Å². The molecule has 0 aliphatic heterocycles. The highest BCUT2D eigenvalue weighted by Gasteiger charge is 2.36. The Kier molecular flexibility index (Phi) is 3.41. The molecule has 23 heavy (non-hydrogen) atoms. The van der Waals surface area contributed by atoms with Crippen LogP contribution in [0, 0.1) is 12.8 Å². The molecule has 2 atom stereocenters. The average molecular weight is 326 g/mol. The van der Waals surface area contributed by atoms with Gasteiger partial charge in [-0.05, 0) is 48.9 Å². The molecule has 1 aliphatic rings. The quantitative estimate of drug-likeness (QED) is 0.776. The lowest BCUT2D eigenvalue weighted by atomic mass is 10.1. The van der Waals surface area contributed by atoms with Gasteiger partial charge in [0.15, 0.2) is 5.82 Å². The minimum atomic E-state index is 0.595. The van der Waals surface area contributed by atoms with Crippen molar-refractivity contribution >= 4 is 33.2 Å². The standard InChI is InChI=1S/C17H18N4OS/c1-9-6-12(9)13-7-11(4-5-14(13)22-3)21-16-15-17(23-8-18-15)20-10(2)19-16/h4-5,7-9,12H,6H2,1-3H3,(H,19,20,21). The van der Waals surface area contributed by atoms with Gasteiger partial charge >= 0.3 is 0 Å². The Hall–Kier alpha value is -2.21. The molecule has 1 fully saturated rings. The number of nitrogens with one attached hydrogen (secondary N) is 1. The first kappa shape index (κ1) is 14.4. The fourth-order valence-corrected chi connectivity index (χ4v) is 3.65. The normalized spacial score (nSPS) is 19.8. The van der Waals surface area contributed by atoms with E-state index in [1.807, 2.05) is 19.1 Å². The Balaban J connectivity index is 1.72. The Morgan fingerprint density at radius 3 is 2.87 bits per heavy atom. The van der Waals surface area contributed by atoms with Crippen molar-refractivity contribution in [3.8, 4) is 5.75 Å². The smallest absolute Gasteiger partial charge is 0.161 e. The van der Waals surface area contributed by atoms with E-state index in [1.54, 1.807) is 12.6 Å². The van der Waals surface area contributed by atoms with Crippen LogP contribution in [0.3, 0.4) is 0 Å². The van der Waals surface area contributed by atoms with Crippen LogP contribution in [0.5, 0.6) is 5.75 Å². The number of hydrogen-bond acceptors (Lipinski definition) is 6. The summed E-state index contributed by atoms with van der Waals surface area (Å²) in [6.07, 6.45) is 1.22. The van der Waals surface area contributed by atoms with Crippen molar-refractivity contribution in [2.24, 2.45) is 5.92 Å². The first-order valence-electron chi connectivity index (χ1n) is 7.68. The molecule has 1 aromatic carbocycles. The molecule has 0 bridgehead atoms. The van der Waals surface area contributed by atoms with Gasteiger partial charge in [-0.15, -0.1) is 11.3 Å². The summed E-state index contributed by atoms with van der Waals surface area (Å²) in [4.78, 5) is 14.2. The van der Waals surface area contributed by atoms with Gasteiger partial charge in [0, 0.05) is 5.69 Å². The van der Waals surface area contributed by atoms with E-state index in [-0.39, 0.29) is 0 Å². The number of anilines is 2. The molecule has 5 nitrogen and oxygen atoms in total. The zero-order valence-corrected chi connectivity index (χ0v) is 14.1. The van der Waals surface area contributed by atoms with Crippen molar-refractivity contribution in [1.29, 1.82) is 0 Å². The summed E-state index contributed by atoms with van der Waals surface area (Å²) in [5.41, 5.74) is 4.89. The molecule has 2 aromatic heterocycles. The van der Waals surface area contributed by atoms with E-state index in [2.05, 4.69) is 33.3 Å². The summed E-state index contributed by atoms with van der Waals surface area (Å²) in [6, 6.07) is 6.21. The van der Waals surface area contributed by atoms with Crippen LogP contribution < -0.4 is 10.1 Å². The largest absolute Gasteiger partial charge is 0.496 e. The van der Waals surface area contributed by atoms with Crippen molar-refractivity contribution in [2.45, 2.75) is 26.2 Å². The van der Waals surface area contributed by atoms with Crippen LogP contribution in [0.2, 0.25) is 0 Å². The zero-order chi connectivity index (χ0) is 16.0. The van der Waals surface area contributed by atoms with E-state index in [1.165, 1.54) is 23.3 Å². The number of rotatable bonds is 4. The first-order valence-corrected chi connectivity index (χ1v) is 8.56. The molecule has 4 rings (SSSR count). The monoisotopic (exact) mass is 326 g/mol. The van der Waals surface area contributed by atoms with E-state index in [9.17, 15) is 0 Å². The SMILES string of the molecule is COc1ccc(Nc2nc(C)nc3scnc23)cc1C1CC1C. The maximum atomic E-state index is 5.51. The molecule has 0 saturated heterocycles. The van der Waals surface area contributed by atoms with Crippen LogP contribution in [0.25, 0.3) is 10.3 Å². The molecule has 3 aromatic rings. The van der Waals surface area contributed by atoms with Crippen LogP contribution in [0.1, 0.15) is 30.7 Å². The Morgan fingerprint density at radius 1 is 1.30 bits per heavy atom. The Bertz CT molecular complexity index is 876. The van der Waals surface area contributed by atoms with Gasteiger partial charge in [0.05, 0.1) is 12.6 Å². The fraction of sp³-hybridized carbons (Fsp3) is 0.353. The number of nitrogens with zero attached hydrogens (tertiary/aromatic N) is 3. The molecule has 0 amide bonds. The zero-order valence-electron chi connectivity index (χ0n) is 13.3. The number of benzene rings is 1. The van der Waals surface area contributed by atoms with Crippen LogP contribution in [-0.4, -0.2) is 22.1 Å². The number of aromatic nitrogens is 3. The molecule has 118 valence electrons. The van der Waals surface area contributed by atoms with E-state index < -0.39 is 0 Å². The number of aryl methyl sites for hydroxylation is 1. The molecule has 1 saturated carbocycles. The predicted octanol–water partition coefficient (Wildman–Crippen LogP) is 4.27. The lowest BCUT2D eigenvalue weighted by molar-refractivity contribution is 0.409. The third-order valence-corrected chi connectivity index (χ3v) is 5.03. The molecule has 0 radical (unpaired) electrons. The number of thiazole rings is 1. The third kappa shape index (κ3) is 2.63. The molecule has 2 heterocycles. The van der Waals surface area contributed by atoms with Gasteiger partial charge in [-0.1, -0.05) is 6.92 Å². The summed E-state index contributed by atoms with van der Waals surface area (Å²) < 4.78 is 5.51. The van der Waals surface area contributed by atoms with Crippen LogP contribution in [-0.2, 0) is 0 Å². The van der Waals surface area contributed by atoms with Crippen LogP contribution >= 0.6 is 11.3 Å². The van der Waals surface area contributed by atoms with Gasteiger partial charge in [0.1, 0.15) is 21.9 Å². The van der Waals surface area contributed by atoms with E-state index >= 15 is 0 Å². The summed E-state index contributed by atoms with van der Waals surface area (Å²) in [7, 11) is 1.73. The van der Waals surface area contributed by atoms with Crippen molar-refractivity contribution in [1.82, 2.24) is 15.0 Å².